The summed E-state index contributed by atoms with van der Waals surface area (Å²) in [5, 5.41) is 12.9. The first-order valence-electron chi connectivity index (χ1n) is 12.5. The number of ether oxygens (including phenoxy) is 1. The summed E-state index contributed by atoms with van der Waals surface area (Å²) in [5.41, 5.74) is 4.87. The van der Waals surface area contributed by atoms with Crippen LogP contribution in [-0.2, 0) is 22.7 Å². The van der Waals surface area contributed by atoms with E-state index in [0.29, 0.717) is 35.1 Å². The predicted molar refractivity (Wildman–Crippen MR) is 156 cm³/mol. The Morgan fingerprint density at radius 3 is 2.49 bits per heavy atom. The van der Waals surface area contributed by atoms with Gasteiger partial charge in [-0.2, -0.15) is 11.8 Å². The average molecular weight is 564 g/mol. The number of furan rings is 1. The van der Waals surface area contributed by atoms with E-state index in [-0.39, 0.29) is 6.61 Å². The molecule has 202 valence electrons. The molecule has 0 bridgehead atoms. The van der Waals surface area contributed by atoms with Gasteiger partial charge in [0.1, 0.15) is 24.2 Å². The lowest BCUT2D eigenvalue weighted by atomic mass is 9.93. The third-order valence-corrected chi connectivity index (χ3v) is 7.18. The van der Waals surface area contributed by atoms with Crippen LogP contribution in [0.2, 0.25) is 5.02 Å². The van der Waals surface area contributed by atoms with Crippen molar-refractivity contribution in [2.24, 2.45) is 0 Å². The van der Waals surface area contributed by atoms with Crippen LogP contribution in [0.4, 0.5) is 0 Å². The second-order valence-electron chi connectivity index (χ2n) is 9.11. The van der Waals surface area contributed by atoms with Gasteiger partial charge in [0, 0.05) is 16.1 Å². The zero-order valence-corrected chi connectivity index (χ0v) is 23.4. The molecule has 4 rings (SSSR count). The molecule has 0 aliphatic rings. The quantitative estimate of drug-likeness (QED) is 0.189. The number of carbonyl (C=O) groups is 2. The molecule has 39 heavy (non-hydrogen) atoms. The third-order valence-electron chi connectivity index (χ3n) is 6.28. The monoisotopic (exact) mass is 563 g/mol. The van der Waals surface area contributed by atoms with Gasteiger partial charge in [-0.3, -0.25) is 4.79 Å². The van der Waals surface area contributed by atoms with Crippen LogP contribution in [0.25, 0.3) is 22.5 Å². The van der Waals surface area contributed by atoms with E-state index in [2.05, 4.69) is 5.32 Å². The van der Waals surface area contributed by atoms with Crippen molar-refractivity contribution in [3.8, 4) is 22.5 Å². The van der Waals surface area contributed by atoms with Crippen molar-refractivity contribution in [2.75, 3.05) is 12.0 Å². The van der Waals surface area contributed by atoms with Gasteiger partial charge in [0.05, 0.1) is 6.61 Å². The fourth-order valence-electron chi connectivity index (χ4n) is 4.20. The Hall–Kier alpha value is -3.52. The molecule has 0 saturated carbocycles. The van der Waals surface area contributed by atoms with Crippen LogP contribution >= 0.6 is 23.4 Å². The zero-order chi connectivity index (χ0) is 27.8. The van der Waals surface area contributed by atoms with Crippen LogP contribution in [0.1, 0.15) is 33.7 Å². The van der Waals surface area contributed by atoms with E-state index >= 15 is 0 Å². The van der Waals surface area contributed by atoms with Gasteiger partial charge in [-0.15, -0.1) is 0 Å². The molecule has 0 radical (unpaired) electrons. The highest BCUT2D eigenvalue weighted by Gasteiger charge is 2.22. The van der Waals surface area contributed by atoms with Crippen LogP contribution in [0.3, 0.4) is 0 Å². The molecule has 0 fully saturated rings. The second-order valence-corrected chi connectivity index (χ2v) is 10.5. The first-order valence-corrected chi connectivity index (χ1v) is 14.3. The number of amides is 1. The van der Waals surface area contributed by atoms with Crippen LogP contribution < -0.4 is 5.32 Å². The number of carboxylic acid groups (broad SMARTS) is 1. The van der Waals surface area contributed by atoms with Gasteiger partial charge < -0.3 is 19.6 Å². The molecule has 0 saturated heterocycles. The molecule has 1 heterocycles. The molecule has 0 unspecified atom stereocenters. The fourth-order valence-corrected chi connectivity index (χ4v) is 4.80. The number of carbonyl (C=O) groups excluding carboxylic acids is 1. The average Bonchev–Trinajstić information content (AvgIpc) is 3.40. The SMILES string of the molecule is CSCC[C@H](NC(=O)c1ccc(COCc2ccc(-c3ccc(Cl)cc3)o2)cc1-c1ccccc1C)C(=O)O. The maximum Gasteiger partial charge on any atom is 0.326 e. The van der Waals surface area contributed by atoms with E-state index in [4.69, 9.17) is 20.8 Å². The van der Waals surface area contributed by atoms with Gasteiger partial charge in [-0.05, 0) is 96.1 Å². The number of carboxylic acids is 1. The van der Waals surface area contributed by atoms with E-state index in [1.165, 1.54) is 0 Å². The number of thioether (sulfide) groups is 1. The molecule has 1 aromatic heterocycles. The highest BCUT2D eigenvalue weighted by atomic mass is 35.5. The van der Waals surface area contributed by atoms with Crippen LogP contribution in [0, 0.1) is 6.92 Å². The lowest BCUT2D eigenvalue weighted by Crippen LogP contribution is -2.41. The number of benzene rings is 3. The van der Waals surface area contributed by atoms with E-state index in [1.807, 2.05) is 86.0 Å². The Labute approximate surface area is 237 Å². The maximum absolute atomic E-state index is 13.2. The summed E-state index contributed by atoms with van der Waals surface area (Å²) in [5.74, 6) is 0.603. The van der Waals surface area contributed by atoms with Gasteiger partial charge in [0.25, 0.3) is 5.91 Å². The molecule has 6 nitrogen and oxygen atoms in total. The molecule has 3 aromatic carbocycles. The standard InChI is InChI=1S/C31H30ClNO5S/c1-20-5-3-4-6-25(20)27-17-21(7-13-26(27)30(34)33-28(31(35)36)15-16-39-2)18-37-19-24-12-14-29(38-24)22-8-10-23(32)11-9-22/h3-14,17,28H,15-16,18-19H2,1-2H3,(H,33,34)(H,35,36)/t28-/m0/s1. The molecule has 2 N–H and O–H groups in total. The van der Waals surface area contributed by atoms with Crippen molar-refractivity contribution >= 4 is 35.2 Å². The van der Waals surface area contributed by atoms with Gasteiger partial charge in [0.2, 0.25) is 0 Å². The number of aryl methyl sites for hydroxylation is 1. The number of halogens is 1. The summed E-state index contributed by atoms with van der Waals surface area (Å²) < 4.78 is 11.9. The Kier molecular flexibility index (Phi) is 9.87. The van der Waals surface area contributed by atoms with Crippen molar-refractivity contribution in [2.45, 2.75) is 32.6 Å². The summed E-state index contributed by atoms with van der Waals surface area (Å²) in [4.78, 5) is 25.0. The van der Waals surface area contributed by atoms with Gasteiger partial charge >= 0.3 is 5.97 Å². The van der Waals surface area contributed by atoms with Gasteiger partial charge in [0.15, 0.2) is 0 Å². The lowest BCUT2D eigenvalue weighted by molar-refractivity contribution is -0.139. The minimum atomic E-state index is -1.04. The molecule has 4 aromatic rings. The maximum atomic E-state index is 13.2. The van der Waals surface area contributed by atoms with E-state index in [9.17, 15) is 14.7 Å². The number of nitrogens with one attached hydrogen (secondary N) is 1. The molecule has 0 aliphatic carbocycles. The first kappa shape index (κ1) is 28.5. The van der Waals surface area contributed by atoms with Crippen LogP contribution in [0.15, 0.2) is 83.3 Å². The molecular weight excluding hydrogens is 534 g/mol. The number of rotatable bonds is 12. The molecular formula is C31H30ClNO5S. The Bertz CT molecular complexity index is 1430. The third kappa shape index (κ3) is 7.53. The summed E-state index contributed by atoms with van der Waals surface area (Å²) in [6.07, 6.45) is 2.25. The summed E-state index contributed by atoms with van der Waals surface area (Å²) in [7, 11) is 0. The minimum absolute atomic E-state index is 0.283. The minimum Gasteiger partial charge on any atom is -0.480 e. The Balaban J connectivity index is 1.50. The van der Waals surface area contributed by atoms with Crippen LogP contribution in [0.5, 0.6) is 0 Å². The lowest BCUT2D eigenvalue weighted by Gasteiger charge is -2.17. The fraction of sp³-hybridized carbons (Fsp3) is 0.226. The van der Waals surface area contributed by atoms with Crippen LogP contribution in [-0.4, -0.2) is 35.0 Å². The molecule has 0 aliphatic heterocycles. The van der Waals surface area contributed by atoms with E-state index in [0.717, 1.165) is 33.6 Å². The second kappa shape index (κ2) is 13.5. The van der Waals surface area contributed by atoms with E-state index in [1.54, 1.807) is 17.8 Å². The largest absolute Gasteiger partial charge is 0.480 e. The molecule has 8 heteroatoms. The van der Waals surface area contributed by atoms with Crippen molar-refractivity contribution in [3.63, 3.8) is 0 Å². The summed E-state index contributed by atoms with van der Waals surface area (Å²) in [6, 6.07) is 23.5. The molecule has 1 atom stereocenters. The van der Waals surface area contributed by atoms with Crippen molar-refractivity contribution in [3.05, 3.63) is 106 Å². The van der Waals surface area contributed by atoms with Crippen molar-refractivity contribution < 1.29 is 23.8 Å². The summed E-state index contributed by atoms with van der Waals surface area (Å²) in [6.45, 7) is 2.57. The highest BCUT2D eigenvalue weighted by molar-refractivity contribution is 7.98. The number of hydrogen-bond acceptors (Lipinski definition) is 5. The highest BCUT2D eigenvalue weighted by Crippen LogP contribution is 2.29. The van der Waals surface area contributed by atoms with Crippen molar-refractivity contribution in [1.82, 2.24) is 5.32 Å². The first-order chi connectivity index (χ1) is 18.9. The topological polar surface area (TPSA) is 88.8 Å². The Morgan fingerprint density at radius 1 is 1.00 bits per heavy atom. The molecule has 0 spiro atoms. The number of hydrogen-bond donors (Lipinski definition) is 2. The smallest absolute Gasteiger partial charge is 0.326 e. The van der Waals surface area contributed by atoms with Gasteiger partial charge in [-0.1, -0.05) is 41.9 Å². The van der Waals surface area contributed by atoms with Crippen molar-refractivity contribution in [1.29, 1.82) is 0 Å². The zero-order valence-electron chi connectivity index (χ0n) is 21.8. The predicted octanol–water partition coefficient (Wildman–Crippen LogP) is 7.23. The normalized spacial score (nSPS) is 11.8. The van der Waals surface area contributed by atoms with E-state index < -0.39 is 17.9 Å². The number of aliphatic carboxylic acids is 1. The van der Waals surface area contributed by atoms with Gasteiger partial charge in [-0.25, -0.2) is 4.79 Å². The Morgan fingerprint density at radius 2 is 1.77 bits per heavy atom. The summed E-state index contributed by atoms with van der Waals surface area (Å²) >= 11 is 7.51. The molecule has 1 amide bonds.